The lowest BCUT2D eigenvalue weighted by Crippen LogP contribution is -2.04. The molecule has 17 heavy (non-hydrogen) atoms. The molecule has 0 amide bonds. The van der Waals surface area contributed by atoms with Gasteiger partial charge < -0.3 is 5.73 Å². The fourth-order valence-corrected chi connectivity index (χ4v) is 1.90. The molecule has 0 fully saturated rings. The fraction of sp³-hybridized carbons (Fsp3) is 0.250. The van der Waals surface area contributed by atoms with Crippen LogP contribution in [0.15, 0.2) is 42.5 Å². The SMILES string of the molecule is Cc1ccc(-c2ccc(C(C)N)cc2)cc1C. The third-order valence-electron chi connectivity index (χ3n) is 3.28. The summed E-state index contributed by atoms with van der Waals surface area (Å²) in [5, 5.41) is 0. The van der Waals surface area contributed by atoms with Crippen LogP contribution in [0.25, 0.3) is 11.1 Å². The molecule has 0 radical (unpaired) electrons. The fourth-order valence-electron chi connectivity index (χ4n) is 1.90. The summed E-state index contributed by atoms with van der Waals surface area (Å²) in [5.74, 6) is 0. The Bertz CT molecular complexity index is 510. The van der Waals surface area contributed by atoms with Crippen molar-refractivity contribution in [1.82, 2.24) is 0 Å². The Kier molecular flexibility index (Phi) is 3.30. The van der Waals surface area contributed by atoms with Crippen molar-refractivity contribution in [2.24, 2.45) is 5.73 Å². The third kappa shape index (κ3) is 2.56. The standard InChI is InChI=1S/C16H19N/c1-11-4-5-16(10-12(11)2)15-8-6-14(7-9-15)13(3)17/h4-10,13H,17H2,1-3H3. The van der Waals surface area contributed by atoms with E-state index in [1.54, 1.807) is 0 Å². The van der Waals surface area contributed by atoms with Gasteiger partial charge in [0.25, 0.3) is 0 Å². The summed E-state index contributed by atoms with van der Waals surface area (Å²) in [6.07, 6.45) is 0. The Hall–Kier alpha value is -1.60. The molecule has 0 aromatic heterocycles. The lowest BCUT2D eigenvalue weighted by molar-refractivity contribution is 0.818. The van der Waals surface area contributed by atoms with Gasteiger partial charge in [0.05, 0.1) is 0 Å². The Labute approximate surface area is 103 Å². The average molecular weight is 225 g/mol. The quantitative estimate of drug-likeness (QED) is 0.821. The highest BCUT2D eigenvalue weighted by Crippen LogP contribution is 2.23. The van der Waals surface area contributed by atoms with E-state index in [1.807, 2.05) is 6.92 Å². The van der Waals surface area contributed by atoms with Crippen molar-refractivity contribution in [3.05, 3.63) is 59.2 Å². The highest BCUT2D eigenvalue weighted by molar-refractivity contribution is 5.65. The lowest BCUT2D eigenvalue weighted by Gasteiger charge is -2.08. The van der Waals surface area contributed by atoms with Crippen LogP contribution in [-0.2, 0) is 0 Å². The molecule has 1 heteroatoms. The van der Waals surface area contributed by atoms with Crippen molar-refractivity contribution in [3.8, 4) is 11.1 Å². The van der Waals surface area contributed by atoms with E-state index in [2.05, 4.69) is 56.3 Å². The van der Waals surface area contributed by atoms with Crippen molar-refractivity contribution >= 4 is 0 Å². The van der Waals surface area contributed by atoms with E-state index >= 15 is 0 Å². The second-order valence-corrected chi connectivity index (χ2v) is 4.71. The van der Waals surface area contributed by atoms with E-state index in [-0.39, 0.29) is 6.04 Å². The molecule has 2 N–H and O–H groups in total. The molecule has 1 unspecified atom stereocenters. The van der Waals surface area contributed by atoms with Gasteiger partial charge in [-0.25, -0.2) is 0 Å². The van der Waals surface area contributed by atoms with Gasteiger partial charge in [0.2, 0.25) is 0 Å². The Balaban J connectivity index is 2.36. The summed E-state index contributed by atoms with van der Waals surface area (Å²) < 4.78 is 0. The van der Waals surface area contributed by atoms with E-state index in [9.17, 15) is 0 Å². The van der Waals surface area contributed by atoms with Crippen LogP contribution in [0.3, 0.4) is 0 Å². The predicted octanol–water partition coefficient (Wildman–Crippen LogP) is 3.99. The minimum Gasteiger partial charge on any atom is -0.324 e. The highest BCUT2D eigenvalue weighted by atomic mass is 14.6. The van der Waals surface area contributed by atoms with Crippen molar-refractivity contribution in [2.75, 3.05) is 0 Å². The Morgan fingerprint density at radius 3 is 1.94 bits per heavy atom. The summed E-state index contributed by atoms with van der Waals surface area (Å²) in [6.45, 7) is 6.29. The molecule has 1 atom stereocenters. The van der Waals surface area contributed by atoms with Gasteiger partial charge in [0, 0.05) is 6.04 Å². The molecule has 0 bridgehead atoms. The zero-order valence-electron chi connectivity index (χ0n) is 10.7. The van der Waals surface area contributed by atoms with Crippen LogP contribution in [0, 0.1) is 13.8 Å². The summed E-state index contributed by atoms with van der Waals surface area (Å²) >= 11 is 0. The smallest absolute Gasteiger partial charge is 0.0266 e. The molecule has 2 aromatic carbocycles. The second kappa shape index (κ2) is 4.72. The van der Waals surface area contributed by atoms with E-state index in [1.165, 1.54) is 27.8 Å². The van der Waals surface area contributed by atoms with Crippen LogP contribution in [-0.4, -0.2) is 0 Å². The van der Waals surface area contributed by atoms with Crippen LogP contribution in [0.4, 0.5) is 0 Å². The second-order valence-electron chi connectivity index (χ2n) is 4.71. The molecule has 2 rings (SSSR count). The summed E-state index contributed by atoms with van der Waals surface area (Å²) in [6, 6.07) is 15.2. The van der Waals surface area contributed by atoms with Gasteiger partial charge in [-0.2, -0.15) is 0 Å². The van der Waals surface area contributed by atoms with Gasteiger partial charge in [-0.15, -0.1) is 0 Å². The summed E-state index contributed by atoms with van der Waals surface area (Å²) in [5.41, 5.74) is 12.2. The van der Waals surface area contributed by atoms with E-state index in [0.717, 1.165) is 0 Å². The first-order valence-electron chi connectivity index (χ1n) is 6.01. The van der Waals surface area contributed by atoms with Crippen LogP contribution >= 0.6 is 0 Å². The lowest BCUT2D eigenvalue weighted by atomic mass is 9.98. The molecular weight excluding hydrogens is 206 g/mol. The maximum atomic E-state index is 5.85. The van der Waals surface area contributed by atoms with Crippen molar-refractivity contribution in [3.63, 3.8) is 0 Å². The molecule has 88 valence electrons. The molecule has 0 saturated heterocycles. The minimum atomic E-state index is 0.101. The molecule has 0 heterocycles. The number of rotatable bonds is 2. The van der Waals surface area contributed by atoms with Gasteiger partial charge in [-0.05, 0) is 48.6 Å². The Morgan fingerprint density at radius 1 is 0.824 bits per heavy atom. The molecule has 2 aromatic rings. The van der Waals surface area contributed by atoms with Crippen LogP contribution < -0.4 is 5.73 Å². The normalized spacial score (nSPS) is 12.5. The zero-order chi connectivity index (χ0) is 12.4. The van der Waals surface area contributed by atoms with Crippen LogP contribution in [0.5, 0.6) is 0 Å². The number of hydrogen-bond acceptors (Lipinski definition) is 1. The average Bonchev–Trinajstić information content (AvgIpc) is 2.33. The van der Waals surface area contributed by atoms with E-state index < -0.39 is 0 Å². The van der Waals surface area contributed by atoms with Crippen LogP contribution in [0.2, 0.25) is 0 Å². The minimum absolute atomic E-state index is 0.101. The first-order chi connectivity index (χ1) is 8.08. The van der Waals surface area contributed by atoms with Gasteiger partial charge >= 0.3 is 0 Å². The molecule has 0 saturated carbocycles. The van der Waals surface area contributed by atoms with Crippen LogP contribution in [0.1, 0.15) is 29.7 Å². The first kappa shape index (κ1) is 11.9. The molecule has 0 spiro atoms. The van der Waals surface area contributed by atoms with Crippen molar-refractivity contribution in [2.45, 2.75) is 26.8 Å². The van der Waals surface area contributed by atoms with Gasteiger partial charge in [0.1, 0.15) is 0 Å². The van der Waals surface area contributed by atoms with Gasteiger partial charge in [-0.1, -0.05) is 42.5 Å². The van der Waals surface area contributed by atoms with E-state index in [0.29, 0.717) is 0 Å². The first-order valence-corrected chi connectivity index (χ1v) is 6.01. The molecule has 0 aliphatic heterocycles. The van der Waals surface area contributed by atoms with Crippen molar-refractivity contribution in [1.29, 1.82) is 0 Å². The van der Waals surface area contributed by atoms with Gasteiger partial charge in [0.15, 0.2) is 0 Å². The number of hydrogen-bond donors (Lipinski definition) is 1. The maximum absolute atomic E-state index is 5.85. The van der Waals surface area contributed by atoms with Crippen molar-refractivity contribution < 1.29 is 0 Å². The maximum Gasteiger partial charge on any atom is 0.0266 e. The highest BCUT2D eigenvalue weighted by Gasteiger charge is 2.02. The largest absolute Gasteiger partial charge is 0.324 e. The van der Waals surface area contributed by atoms with E-state index in [4.69, 9.17) is 5.73 Å². The molecular formula is C16H19N. The molecule has 1 nitrogen and oxygen atoms in total. The topological polar surface area (TPSA) is 26.0 Å². The number of aryl methyl sites for hydroxylation is 2. The molecule has 0 aliphatic carbocycles. The third-order valence-corrected chi connectivity index (χ3v) is 3.28. The Morgan fingerprint density at radius 2 is 1.41 bits per heavy atom. The van der Waals surface area contributed by atoms with Gasteiger partial charge in [-0.3, -0.25) is 0 Å². The summed E-state index contributed by atoms with van der Waals surface area (Å²) in [7, 11) is 0. The zero-order valence-corrected chi connectivity index (χ0v) is 10.7. The summed E-state index contributed by atoms with van der Waals surface area (Å²) in [4.78, 5) is 0. The monoisotopic (exact) mass is 225 g/mol. The predicted molar refractivity (Wildman–Crippen MR) is 74.0 cm³/mol. The number of benzene rings is 2. The molecule has 0 aliphatic rings. The number of nitrogens with two attached hydrogens (primary N) is 1.